The van der Waals surface area contributed by atoms with E-state index in [1.165, 1.54) is 21.7 Å². The average molecular weight is 554 g/mol. The van der Waals surface area contributed by atoms with Crippen LogP contribution in [0, 0.1) is 5.92 Å². The summed E-state index contributed by atoms with van der Waals surface area (Å²) in [6.45, 7) is 0.745. The highest BCUT2D eigenvalue weighted by molar-refractivity contribution is 5.97. The van der Waals surface area contributed by atoms with Crippen molar-refractivity contribution in [2.24, 2.45) is 5.92 Å². The minimum atomic E-state index is -4.78. The number of fused-ring (bicyclic) bond motifs is 1. The third-order valence-corrected chi connectivity index (χ3v) is 7.67. The zero-order chi connectivity index (χ0) is 27.9. The second-order valence-corrected chi connectivity index (χ2v) is 10.4. The summed E-state index contributed by atoms with van der Waals surface area (Å²) in [6, 6.07) is -0.0417. The van der Waals surface area contributed by atoms with Crippen LogP contribution in [0.2, 0.25) is 0 Å². The van der Waals surface area contributed by atoms with Crippen molar-refractivity contribution in [3.8, 4) is 5.88 Å². The van der Waals surface area contributed by atoms with E-state index in [2.05, 4.69) is 10.4 Å². The SMILES string of the molecule is O=C(NC1CC1)c1c(O)n2ncc(C=CC(=O)N3CCC(O)(C(F)(F)F)CC3)c2n(CC2CCOCC2)c1=O. The van der Waals surface area contributed by atoms with Crippen LogP contribution in [0.4, 0.5) is 13.2 Å². The molecular formula is C25H30F3N5O6. The van der Waals surface area contributed by atoms with Gasteiger partial charge in [0.15, 0.2) is 11.2 Å². The Kier molecular flexibility index (Phi) is 7.18. The number of carbonyl (C=O) groups is 2. The minimum absolute atomic E-state index is 0.0417. The Labute approximate surface area is 220 Å². The minimum Gasteiger partial charge on any atom is -0.492 e. The van der Waals surface area contributed by atoms with Crippen LogP contribution in [-0.4, -0.2) is 85.2 Å². The molecule has 3 aliphatic rings. The molecule has 39 heavy (non-hydrogen) atoms. The second kappa shape index (κ2) is 10.3. The van der Waals surface area contributed by atoms with Gasteiger partial charge in [-0.2, -0.15) is 22.8 Å². The van der Waals surface area contributed by atoms with Gasteiger partial charge in [-0.3, -0.25) is 19.0 Å². The number of carbonyl (C=O) groups excluding carboxylic acids is 2. The van der Waals surface area contributed by atoms with Crippen molar-refractivity contribution in [3.05, 3.63) is 33.8 Å². The van der Waals surface area contributed by atoms with Crippen LogP contribution in [0.1, 0.15) is 54.4 Å². The smallest absolute Gasteiger partial charge is 0.417 e. The van der Waals surface area contributed by atoms with Gasteiger partial charge in [0.1, 0.15) is 5.65 Å². The molecule has 2 saturated heterocycles. The molecule has 14 heteroatoms. The molecule has 0 atom stereocenters. The summed E-state index contributed by atoms with van der Waals surface area (Å²) in [5, 5.41) is 27.6. The third kappa shape index (κ3) is 5.39. The first-order valence-corrected chi connectivity index (χ1v) is 13.0. The van der Waals surface area contributed by atoms with Crippen molar-refractivity contribution in [3.63, 3.8) is 0 Å². The molecule has 0 radical (unpaired) electrons. The summed E-state index contributed by atoms with van der Waals surface area (Å²) in [4.78, 5) is 40.3. The number of rotatable bonds is 6. The molecule has 3 N–H and O–H groups in total. The summed E-state index contributed by atoms with van der Waals surface area (Å²) in [7, 11) is 0. The van der Waals surface area contributed by atoms with Crippen LogP contribution in [0.25, 0.3) is 11.7 Å². The molecule has 2 aliphatic heterocycles. The number of aliphatic hydroxyl groups is 1. The summed E-state index contributed by atoms with van der Waals surface area (Å²) in [5.74, 6) is -1.81. The van der Waals surface area contributed by atoms with Crippen molar-refractivity contribution in [1.29, 1.82) is 0 Å². The number of hydrogen-bond acceptors (Lipinski definition) is 7. The number of alkyl halides is 3. The molecule has 212 valence electrons. The van der Waals surface area contributed by atoms with Gasteiger partial charge in [-0.05, 0) is 37.7 Å². The van der Waals surface area contributed by atoms with Crippen molar-refractivity contribution in [1.82, 2.24) is 24.4 Å². The molecule has 0 bridgehead atoms. The maximum absolute atomic E-state index is 13.6. The molecular weight excluding hydrogens is 523 g/mol. The molecule has 11 nitrogen and oxygen atoms in total. The number of aromatic hydroxyl groups is 1. The molecule has 0 aromatic carbocycles. The van der Waals surface area contributed by atoms with E-state index in [0.717, 1.165) is 23.4 Å². The molecule has 2 aromatic heterocycles. The average Bonchev–Trinajstić information content (AvgIpc) is 3.60. The monoisotopic (exact) mass is 553 g/mol. The fraction of sp³-hybridized carbons (Fsp3) is 0.600. The van der Waals surface area contributed by atoms with E-state index < -0.39 is 53.4 Å². The lowest BCUT2D eigenvalue weighted by atomic mass is 9.91. The topological polar surface area (TPSA) is 138 Å². The molecule has 0 spiro atoms. The van der Waals surface area contributed by atoms with E-state index in [1.807, 2.05) is 0 Å². The van der Waals surface area contributed by atoms with E-state index in [9.17, 15) is 37.8 Å². The largest absolute Gasteiger partial charge is 0.492 e. The Morgan fingerprint density at radius 1 is 1.18 bits per heavy atom. The van der Waals surface area contributed by atoms with Crippen molar-refractivity contribution >= 4 is 23.5 Å². The van der Waals surface area contributed by atoms with Gasteiger partial charge < -0.3 is 25.2 Å². The maximum atomic E-state index is 13.6. The molecule has 3 fully saturated rings. The molecule has 5 rings (SSSR count). The van der Waals surface area contributed by atoms with Crippen LogP contribution in [0.3, 0.4) is 0 Å². The number of piperidine rings is 1. The van der Waals surface area contributed by atoms with Crippen molar-refractivity contribution in [2.75, 3.05) is 26.3 Å². The zero-order valence-corrected chi connectivity index (χ0v) is 21.1. The van der Waals surface area contributed by atoms with Gasteiger partial charge in [0.25, 0.3) is 11.5 Å². The second-order valence-electron chi connectivity index (χ2n) is 10.4. The highest BCUT2D eigenvalue weighted by Gasteiger charge is 2.54. The Morgan fingerprint density at radius 3 is 2.46 bits per heavy atom. The predicted molar refractivity (Wildman–Crippen MR) is 131 cm³/mol. The number of likely N-dealkylation sites (tertiary alicyclic amines) is 1. The van der Waals surface area contributed by atoms with E-state index >= 15 is 0 Å². The lowest BCUT2D eigenvalue weighted by Crippen LogP contribution is -2.54. The van der Waals surface area contributed by atoms with Gasteiger partial charge in [0, 0.05) is 63.4 Å². The van der Waals surface area contributed by atoms with Crippen molar-refractivity contribution in [2.45, 2.75) is 62.9 Å². The predicted octanol–water partition coefficient (Wildman–Crippen LogP) is 1.45. The number of halogens is 3. The van der Waals surface area contributed by atoms with E-state index in [0.29, 0.717) is 31.6 Å². The first kappa shape index (κ1) is 27.2. The highest BCUT2D eigenvalue weighted by Crippen LogP contribution is 2.38. The van der Waals surface area contributed by atoms with E-state index in [-0.39, 0.29) is 37.2 Å². The third-order valence-electron chi connectivity index (χ3n) is 7.67. The fourth-order valence-electron chi connectivity index (χ4n) is 5.02. The van der Waals surface area contributed by atoms with E-state index in [4.69, 9.17) is 4.74 Å². The van der Waals surface area contributed by atoms with Gasteiger partial charge in [0.05, 0.1) is 6.20 Å². The van der Waals surface area contributed by atoms with Crippen LogP contribution < -0.4 is 10.9 Å². The van der Waals surface area contributed by atoms with Gasteiger partial charge in [-0.1, -0.05) is 0 Å². The molecule has 2 aromatic rings. The Morgan fingerprint density at radius 2 is 1.85 bits per heavy atom. The first-order chi connectivity index (χ1) is 18.5. The number of aromatic nitrogens is 3. The van der Waals surface area contributed by atoms with Crippen LogP contribution in [0.5, 0.6) is 5.88 Å². The van der Waals surface area contributed by atoms with Gasteiger partial charge >= 0.3 is 6.18 Å². The molecule has 2 amide bonds. The van der Waals surface area contributed by atoms with Crippen LogP contribution in [0.15, 0.2) is 17.1 Å². The molecule has 4 heterocycles. The summed E-state index contributed by atoms with van der Waals surface area (Å²) >= 11 is 0. The Hall–Kier alpha value is -3.39. The van der Waals surface area contributed by atoms with Gasteiger partial charge in [-0.25, -0.2) is 0 Å². The number of nitrogens with zero attached hydrogens (tertiary/aromatic N) is 4. The maximum Gasteiger partial charge on any atom is 0.417 e. The number of ether oxygens (including phenoxy) is 1. The number of hydrogen-bond donors (Lipinski definition) is 3. The standard InChI is InChI=1S/C25H30F3N5O6/c26-25(27,28)24(38)7-9-31(10-8-24)18(34)4-1-16-13-29-33-21(16)32(14-15-5-11-39-12-6-15)22(36)19(23(33)37)20(35)30-17-2-3-17/h1,4,13,15,17,37-38H,2-3,5-12,14H2,(H,30,35). The Bertz CT molecular complexity index is 1350. The molecule has 1 saturated carbocycles. The highest BCUT2D eigenvalue weighted by atomic mass is 19.4. The summed E-state index contributed by atoms with van der Waals surface area (Å²) < 4.78 is 47.1. The molecule has 1 aliphatic carbocycles. The number of nitrogens with one attached hydrogen (secondary N) is 1. The first-order valence-electron chi connectivity index (χ1n) is 13.0. The molecule has 0 unspecified atom stereocenters. The quantitative estimate of drug-likeness (QED) is 0.461. The lowest BCUT2D eigenvalue weighted by molar-refractivity contribution is -0.271. The zero-order valence-electron chi connectivity index (χ0n) is 21.1. The Balaban J connectivity index is 1.45. The van der Waals surface area contributed by atoms with Gasteiger partial charge in [-0.15, -0.1) is 0 Å². The lowest BCUT2D eigenvalue weighted by Gasteiger charge is -2.38. The number of amides is 2. The van der Waals surface area contributed by atoms with Crippen LogP contribution >= 0.6 is 0 Å². The summed E-state index contributed by atoms with van der Waals surface area (Å²) in [6.07, 6.45) is 0.805. The van der Waals surface area contributed by atoms with Gasteiger partial charge in [0.2, 0.25) is 11.8 Å². The van der Waals surface area contributed by atoms with E-state index in [1.54, 1.807) is 0 Å². The van der Waals surface area contributed by atoms with Crippen molar-refractivity contribution < 1.29 is 37.7 Å². The van der Waals surface area contributed by atoms with Crippen LogP contribution in [-0.2, 0) is 16.1 Å². The fourth-order valence-corrected chi connectivity index (χ4v) is 5.02. The summed E-state index contributed by atoms with van der Waals surface area (Å²) in [5.41, 5.74) is -3.44. The normalized spacial score (nSPS) is 20.6.